The number of carbonyl (C=O) groups is 3. The topological polar surface area (TPSA) is 79.0 Å². The number of nitrogens with zero attached hydrogens (tertiary/aromatic N) is 2. The van der Waals surface area contributed by atoms with E-state index >= 15 is 0 Å². The van der Waals surface area contributed by atoms with Gasteiger partial charge in [-0.05, 0) is 12.3 Å². The van der Waals surface area contributed by atoms with Crippen LogP contribution in [0.1, 0.15) is 26.7 Å². The molecule has 1 N–H and O–H groups in total. The van der Waals surface area contributed by atoms with Crippen molar-refractivity contribution in [1.29, 1.82) is 0 Å². The van der Waals surface area contributed by atoms with E-state index in [0.717, 1.165) is 6.42 Å². The molecule has 142 valence electrons. The van der Waals surface area contributed by atoms with Gasteiger partial charge in [0.1, 0.15) is 5.60 Å². The molecule has 26 heavy (non-hydrogen) atoms. The number of ether oxygens (including phenoxy) is 1. The van der Waals surface area contributed by atoms with Crippen LogP contribution in [0.2, 0.25) is 0 Å². The standard InChI is InChI=1S/C19H27N3O4/c1-12(2)4-8-22-11-19-6-3-13(26-19)15(16(19)18(22)25)17(24)21-9-5-14(23)20-7-10-21/h3,6,12-13,15-16H,4-5,7-11H2,1-2H3,(H,20,23)/t13-,15?,16?,19-/m0/s1. The number of hydrogen-bond acceptors (Lipinski definition) is 4. The van der Waals surface area contributed by atoms with Crippen molar-refractivity contribution in [1.82, 2.24) is 15.1 Å². The van der Waals surface area contributed by atoms with Crippen molar-refractivity contribution < 1.29 is 19.1 Å². The monoisotopic (exact) mass is 361 g/mol. The normalized spacial score (nSPS) is 35.9. The fourth-order valence-corrected chi connectivity index (χ4v) is 4.66. The number of nitrogens with one attached hydrogen (secondary N) is 1. The molecule has 2 unspecified atom stereocenters. The molecule has 4 rings (SSSR count). The van der Waals surface area contributed by atoms with Crippen LogP contribution in [0.3, 0.4) is 0 Å². The van der Waals surface area contributed by atoms with Gasteiger partial charge in [0.15, 0.2) is 0 Å². The molecule has 7 nitrogen and oxygen atoms in total. The van der Waals surface area contributed by atoms with Crippen molar-refractivity contribution in [3.63, 3.8) is 0 Å². The van der Waals surface area contributed by atoms with Crippen LogP contribution in [-0.2, 0) is 19.1 Å². The molecule has 0 aromatic rings. The van der Waals surface area contributed by atoms with Crippen LogP contribution >= 0.6 is 0 Å². The van der Waals surface area contributed by atoms with Gasteiger partial charge in [0, 0.05) is 32.6 Å². The summed E-state index contributed by atoms with van der Waals surface area (Å²) in [5.74, 6) is -0.416. The third-order valence-corrected chi connectivity index (χ3v) is 6.06. The summed E-state index contributed by atoms with van der Waals surface area (Å²) in [6, 6.07) is 0. The first-order chi connectivity index (χ1) is 12.4. The maximum atomic E-state index is 13.2. The molecule has 4 heterocycles. The zero-order valence-electron chi connectivity index (χ0n) is 15.4. The van der Waals surface area contributed by atoms with Crippen LogP contribution in [0.4, 0.5) is 0 Å². The summed E-state index contributed by atoms with van der Waals surface area (Å²) in [5, 5.41) is 2.79. The minimum Gasteiger partial charge on any atom is -0.360 e. The Hall–Kier alpha value is -1.89. The molecule has 4 aliphatic rings. The highest BCUT2D eigenvalue weighted by Gasteiger charge is 2.67. The van der Waals surface area contributed by atoms with Crippen molar-refractivity contribution in [2.75, 3.05) is 32.7 Å². The van der Waals surface area contributed by atoms with E-state index in [1.54, 1.807) is 4.90 Å². The molecule has 0 aromatic heterocycles. The maximum Gasteiger partial charge on any atom is 0.230 e. The Morgan fingerprint density at radius 2 is 2.19 bits per heavy atom. The van der Waals surface area contributed by atoms with Crippen LogP contribution in [0.5, 0.6) is 0 Å². The van der Waals surface area contributed by atoms with Gasteiger partial charge >= 0.3 is 0 Å². The average molecular weight is 361 g/mol. The summed E-state index contributed by atoms with van der Waals surface area (Å²) < 4.78 is 6.16. The highest BCUT2D eigenvalue weighted by Crippen LogP contribution is 2.52. The molecule has 0 aliphatic carbocycles. The second kappa shape index (κ2) is 6.37. The van der Waals surface area contributed by atoms with Gasteiger partial charge in [-0.25, -0.2) is 0 Å². The molecule has 1 spiro atoms. The van der Waals surface area contributed by atoms with Gasteiger partial charge in [0.25, 0.3) is 0 Å². The van der Waals surface area contributed by atoms with Crippen molar-refractivity contribution in [3.05, 3.63) is 12.2 Å². The van der Waals surface area contributed by atoms with E-state index in [0.29, 0.717) is 45.1 Å². The van der Waals surface area contributed by atoms with Crippen LogP contribution < -0.4 is 5.32 Å². The number of rotatable bonds is 4. The lowest BCUT2D eigenvalue weighted by Gasteiger charge is -2.29. The van der Waals surface area contributed by atoms with Crippen LogP contribution in [0, 0.1) is 17.8 Å². The first-order valence-corrected chi connectivity index (χ1v) is 9.63. The van der Waals surface area contributed by atoms with Gasteiger partial charge in [-0.2, -0.15) is 0 Å². The predicted octanol–water partition coefficient (Wildman–Crippen LogP) is 0.163. The summed E-state index contributed by atoms with van der Waals surface area (Å²) in [4.78, 5) is 41.4. The first-order valence-electron chi connectivity index (χ1n) is 9.63. The van der Waals surface area contributed by atoms with E-state index in [9.17, 15) is 14.4 Å². The third kappa shape index (κ3) is 2.73. The van der Waals surface area contributed by atoms with Crippen LogP contribution in [0.15, 0.2) is 12.2 Å². The average Bonchev–Trinajstić information content (AvgIpc) is 3.17. The Kier molecular flexibility index (Phi) is 4.29. The molecule has 3 amide bonds. The Morgan fingerprint density at radius 1 is 1.38 bits per heavy atom. The summed E-state index contributed by atoms with van der Waals surface area (Å²) in [6.45, 7) is 6.89. The van der Waals surface area contributed by atoms with Crippen LogP contribution in [0.25, 0.3) is 0 Å². The summed E-state index contributed by atoms with van der Waals surface area (Å²) in [7, 11) is 0. The van der Waals surface area contributed by atoms with E-state index in [-0.39, 0.29) is 23.8 Å². The fraction of sp³-hybridized carbons (Fsp3) is 0.737. The van der Waals surface area contributed by atoms with Gasteiger partial charge in [-0.15, -0.1) is 0 Å². The molecule has 2 bridgehead atoms. The predicted molar refractivity (Wildman–Crippen MR) is 94.0 cm³/mol. The molecule has 0 radical (unpaired) electrons. The summed E-state index contributed by atoms with van der Waals surface area (Å²) >= 11 is 0. The van der Waals surface area contributed by atoms with Crippen molar-refractivity contribution >= 4 is 17.7 Å². The lowest BCUT2D eigenvalue weighted by atomic mass is 9.76. The Labute approximate surface area is 153 Å². The Balaban J connectivity index is 1.53. The molecule has 3 fully saturated rings. The number of hydrogen-bond donors (Lipinski definition) is 1. The molecular formula is C19H27N3O4. The minimum atomic E-state index is -0.640. The second-order valence-corrected chi connectivity index (χ2v) is 8.27. The summed E-state index contributed by atoms with van der Waals surface area (Å²) in [5.41, 5.74) is -0.640. The van der Waals surface area contributed by atoms with E-state index in [2.05, 4.69) is 19.2 Å². The fourth-order valence-electron chi connectivity index (χ4n) is 4.66. The largest absolute Gasteiger partial charge is 0.360 e. The van der Waals surface area contributed by atoms with E-state index < -0.39 is 17.4 Å². The molecular weight excluding hydrogens is 334 g/mol. The van der Waals surface area contributed by atoms with Crippen molar-refractivity contribution in [2.45, 2.75) is 38.4 Å². The molecule has 0 saturated carbocycles. The van der Waals surface area contributed by atoms with Gasteiger partial charge in [0.2, 0.25) is 17.7 Å². The molecule has 4 atom stereocenters. The minimum absolute atomic E-state index is 0.0299. The molecule has 7 heteroatoms. The Morgan fingerprint density at radius 3 is 2.96 bits per heavy atom. The van der Waals surface area contributed by atoms with E-state index in [4.69, 9.17) is 4.74 Å². The maximum absolute atomic E-state index is 13.2. The second-order valence-electron chi connectivity index (χ2n) is 8.27. The number of likely N-dealkylation sites (tertiary alicyclic amines) is 1. The van der Waals surface area contributed by atoms with Crippen molar-refractivity contribution in [3.8, 4) is 0 Å². The zero-order valence-corrected chi connectivity index (χ0v) is 15.4. The SMILES string of the molecule is CC(C)CCN1C[C@]23C=C[C@H](O2)C(C(=O)N2CCNC(=O)CC2)C3C1=O. The van der Waals surface area contributed by atoms with Crippen molar-refractivity contribution in [2.24, 2.45) is 17.8 Å². The lowest BCUT2D eigenvalue weighted by Crippen LogP contribution is -2.47. The Bertz CT molecular complexity index is 661. The summed E-state index contributed by atoms with van der Waals surface area (Å²) in [6.07, 6.45) is 4.87. The van der Waals surface area contributed by atoms with Gasteiger partial charge in [-0.1, -0.05) is 26.0 Å². The number of fused-ring (bicyclic) bond motifs is 1. The smallest absolute Gasteiger partial charge is 0.230 e. The van der Waals surface area contributed by atoms with E-state index in [1.807, 2.05) is 17.1 Å². The highest BCUT2D eigenvalue weighted by molar-refractivity contribution is 5.93. The molecule has 0 aromatic carbocycles. The van der Waals surface area contributed by atoms with Gasteiger partial charge in [-0.3, -0.25) is 14.4 Å². The lowest BCUT2D eigenvalue weighted by molar-refractivity contribution is -0.143. The number of amides is 3. The molecule has 4 aliphatic heterocycles. The first kappa shape index (κ1) is 17.5. The van der Waals surface area contributed by atoms with E-state index in [1.165, 1.54) is 0 Å². The van der Waals surface area contributed by atoms with Gasteiger partial charge in [0.05, 0.1) is 24.5 Å². The third-order valence-electron chi connectivity index (χ3n) is 6.06. The number of carbonyl (C=O) groups excluding carboxylic acids is 3. The molecule has 3 saturated heterocycles. The van der Waals surface area contributed by atoms with Crippen LogP contribution in [-0.4, -0.2) is 72.0 Å². The van der Waals surface area contributed by atoms with Gasteiger partial charge < -0.3 is 19.9 Å². The quantitative estimate of drug-likeness (QED) is 0.724. The highest BCUT2D eigenvalue weighted by atomic mass is 16.5. The zero-order chi connectivity index (χ0) is 18.5.